The molecule has 0 bridgehead atoms. The number of rotatable bonds is 3. The Labute approximate surface area is 285 Å². The van der Waals surface area contributed by atoms with Crippen molar-refractivity contribution in [3.8, 4) is 56.4 Å². The first kappa shape index (κ1) is 26.8. The largest absolute Gasteiger partial charge is 0.208 e. The van der Waals surface area contributed by atoms with Crippen LogP contribution in [0.5, 0.6) is 0 Å². The van der Waals surface area contributed by atoms with E-state index in [0.29, 0.717) is 17.5 Å². The van der Waals surface area contributed by atoms with E-state index in [4.69, 9.17) is 15.0 Å². The lowest BCUT2D eigenvalue weighted by Crippen LogP contribution is -2.01. The van der Waals surface area contributed by atoms with Gasteiger partial charge in [0.15, 0.2) is 17.5 Å². The van der Waals surface area contributed by atoms with Crippen molar-refractivity contribution in [3.63, 3.8) is 0 Å². The van der Waals surface area contributed by atoms with Crippen LogP contribution in [0.4, 0.5) is 0 Å². The van der Waals surface area contributed by atoms with E-state index in [1.165, 1.54) is 53.2 Å². The molecule has 2 heterocycles. The van der Waals surface area contributed by atoms with Crippen molar-refractivity contribution in [1.82, 2.24) is 15.0 Å². The molecule has 8 aromatic carbocycles. The average molecular weight is 640 g/mol. The summed E-state index contributed by atoms with van der Waals surface area (Å²) in [6.07, 6.45) is 0. The lowest BCUT2D eigenvalue weighted by molar-refractivity contribution is 1.08. The maximum atomic E-state index is 5.37. The zero-order valence-corrected chi connectivity index (χ0v) is 27.0. The van der Waals surface area contributed by atoms with Gasteiger partial charge in [-0.1, -0.05) is 140 Å². The zero-order valence-electron chi connectivity index (χ0n) is 26.2. The highest BCUT2D eigenvalue weighted by Crippen LogP contribution is 2.55. The van der Waals surface area contributed by atoms with Gasteiger partial charge in [-0.25, -0.2) is 15.0 Å². The van der Waals surface area contributed by atoms with Crippen molar-refractivity contribution in [2.24, 2.45) is 0 Å². The van der Waals surface area contributed by atoms with Crippen molar-refractivity contribution in [3.05, 3.63) is 152 Å². The number of aromatic nitrogens is 3. The van der Waals surface area contributed by atoms with E-state index in [-0.39, 0.29) is 0 Å². The van der Waals surface area contributed by atoms with E-state index in [2.05, 4.69) is 152 Å². The predicted octanol–water partition coefficient (Wildman–Crippen LogP) is 12.3. The number of thiophene rings is 1. The Kier molecular flexibility index (Phi) is 5.54. The second-order valence-electron chi connectivity index (χ2n) is 12.7. The molecule has 49 heavy (non-hydrogen) atoms. The minimum atomic E-state index is 0.670. The van der Waals surface area contributed by atoms with Gasteiger partial charge in [-0.15, -0.1) is 11.3 Å². The molecule has 10 aromatic rings. The first-order valence-corrected chi connectivity index (χ1v) is 17.4. The van der Waals surface area contributed by atoms with Crippen LogP contribution in [0.3, 0.4) is 0 Å². The summed E-state index contributed by atoms with van der Waals surface area (Å²) >= 11 is 1.86. The van der Waals surface area contributed by atoms with Gasteiger partial charge >= 0.3 is 0 Å². The third kappa shape index (κ3) is 3.86. The summed E-state index contributed by atoms with van der Waals surface area (Å²) in [5.74, 6) is 2.02. The van der Waals surface area contributed by atoms with Crippen LogP contribution < -0.4 is 0 Å². The van der Waals surface area contributed by atoms with Crippen molar-refractivity contribution in [1.29, 1.82) is 0 Å². The summed E-state index contributed by atoms with van der Waals surface area (Å²) in [6, 6.07) is 54.1. The molecule has 4 heteroatoms. The van der Waals surface area contributed by atoms with Crippen molar-refractivity contribution < 1.29 is 0 Å². The predicted molar refractivity (Wildman–Crippen MR) is 206 cm³/mol. The topological polar surface area (TPSA) is 38.7 Å². The van der Waals surface area contributed by atoms with Crippen LogP contribution in [-0.2, 0) is 0 Å². The van der Waals surface area contributed by atoms with Crippen LogP contribution in [0.1, 0.15) is 0 Å². The SMILES string of the molecule is c1ccc2c(-c3nc(-c4cccc5ccccc45)nc(-c4cc5c(c6sc7ccccc7c46)-c4cccc6cccc-5c46)n3)cccc2c1. The van der Waals surface area contributed by atoms with Gasteiger partial charge in [0.2, 0.25) is 0 Å². The molecule has 0 spiro atoms. The van der Waals surface area contributed by atoms with Gasteiger partial charge in [0.05, 0.1) is 0 Å². The molecule has 0 N–H and O–H groups in total. The van der Waals surface area contributed by atoms with Crippen LogP contribution >= 0.6 is 11.3 Å². The van der Waals surface area contributed by atoms with Crippen molar-refractivity contribution >= 4 is 63.8 Å². The highest BCUT2D eigenvalue weighted by atomic mass is 32.1. The maximum absolute atomic E-state index is 5.37. The third-order valence-electron chi connectivity index (χ3n) is 10.1. The average Bonchev–Trinajstić information content (AvgIpc) is 3.71. The lowest BCUT2D eigenvalue weighted by atomic mass is 9.95. The van der Waals surface area contributed by atoms with E-state index < -0.39 is 0 Å². The minimum absolute atomic E-state index is 0.670. The monoisotopic (exact) mass is 639 g/mol. The molecule has 0 amide bonds. The fourth-order valence-corrected chi connectivity index (χ4v) is 9.20. The second kappa shape index (κ2) is 10.1. The summed E-state index contributed by atoms with van der Waals surface area (Å²) in [7, 11) is 0. The number of nitrogens with zero attached hydrogens (tertiary/aromatic N) is 3. The second-order valence-corrected chi connectivity index (χ2v) is 13.8. The Bertz CT molecular complexity index is 2900. The molecule has 2 aromatic heterocycles. The molecule has 0 aliphatic heterocycles. The molecular weight excluding hydrogens is 615 g/mol. The summed E-state index contributed by atoms with van der Waals surface area (Å²) in [5.41, 5.74) is 8.13. The van der Waals surface area contributed by atoms with Crippen LogP contribution in [0.15, 0.2) is 152 Å². The molecule has 226 valence electrons. The van der Waals surface area contributed by atoms with E-state index in [0.717, 1.165) is 38.2 Å². The maximum Gasteiger partial charge on any atom is 0.164 e. The summed E-state index contributed by atoms with van der Waals surface area (Å²) in [4.78, 5) is 16.0. The highest BCUT2D eigenvalue weighted by Gasteiger charge is 2.28. The Morgan fingerprint density at radius 1 is 0.347 bits per heavy atom. The van der Waals surface area contributed by atoms with E-state index >= 15 is 0 Å². The quantitative estimate of drug-likeness (QED) is 0.193. The molecule has 1 aliphatic carbocycles. The number of benzene rings is 8. The smallest absolute Gasteiger partial charge is 0.164 e. The van der Waals surface area contributed by atoms with E-state index in [1.807, 2.05) is 11.3 Å². The first-order valence-electron chi connectivity index (χ1n) is 16.5. The normalized spacial score (nSPS) is 12.1. The van der Waals surface area contributed by atoms with Gasteiger partial charge in [-0.05, 0) is 61.1 Å². The molecular formula is C45H25N3S. The molecule has 0 radical (unpaired) electrons. The van der Waals surface area contributed by atoms with Gasteiger partial charge in [0, 0.05) is 42.4 Å². The zero-order chi connectivity index (χ0) is 32.1. The number of fused-ring (bicyclic) bond motifs is 9. The Hall–Kier alpha value is -6.23. The van der Waals surface area contributed by atoms with Gasteiger partial charge in [0.25, 0.3) is 0 Å². The van der Waals surface area contributed by atoms with Crippen molar-refractivity contribution in [2.75, 3.05) is 0 Å². The first-order chi connectivity index (χ1) is 24.3. The minimum Gasteiger partial charge on any atom is -0.208 e. The number of hydrogen-bond donors (Lipinski definition) is 0. The standard InChI is InChI=1S/C45H25N3S/c1-3-17-29-26(11-1)13-7-21-32(29)43-46-44(33-22-8-14-27-12-2-4-18-30(27)33)48-45(47-43)37-25-36-31-20-9-15-28-16-10-23-35(39(28)31)41(36)42-40(37)34-19-5-6-24-38(34)49-42/h1-25H. The van der Waals surface area contributed by atoms with Crippen molar-refractivity contribution in [2.45, 2.75) is 0 Å². The Morgan fingerprint density at radius 3 is 1.49 bits per heavy atom. The van der Waals surface area contributed by atoms with Gasteiger partial charge in [-0.3, -0.25) is 0 Å². The van der Waals surface area contributed by atoms with Crippen LogP contribution in [0.25, 0.3) is 109 Å². The lowest BCUT2D eigenvalue weighted by Gasteiger charge is -2.14. The fourth-order valence-electron chi connectivity index (χ4n) is 7.91. The van der Waals surface area contributed by atoms with E-state index in [9.17, 15) is 0 Å². The molecule has 0 saturated heterocycles. The third-order valence-corrected chi connectivity index (χ3v) is 11.2. The van der Waals surface area contributed by atoms with Gasteiger partial charge < -0.3 is 0 Å². The Balaban J connectivity index is 1.28. The van der Waals surface area contributed by atoms with Crippen LogP contribution in [0.2, 0.25) is 0 Å². The van der Waals surface area contributed by atoms with Crippen LogP contribution in [-0.4, -0.2) is 15.0 Å². The molecule has 3 nitrogen and oxygen atoms in total. The molecule has 11 rings (SSSR count). The molecule has 0 unspecified atom stereocenters. The van der Waals surface area contributed by atoms with Gasteiger partial charge in [0.1, 0.15) is 0 Å². The summed E-state index contributed by atoms with van der Waals surface area (Å²) < 4.78 is 2.53. The molecule has 0 saturated carbocycles. The Morgan fingerprint density at radius 2 is 0.837 bits per heavy atom. The van der Waals surface area contributed by atoms with E-state index in [1.54, 1.807) is 0 Å². The highest BCUT2D eigenvalue weighted by molar-refractivity contribution is 7.26. The molecule has 0 atom stereocenters. The molecule has 1 aliphatic rings. The summed E-state index contributed by atoms with van der Waals surface area (Å²) in [5, 5.41) is 9.55. The molecule has 0 fully saturated rings. The van der Waals surface area contributed by atoms with Gasteiger partial charge in [-0.2, -0.15) is 0 Å². The fraction of sp³-hybridized carbons (Fsp3) is 0. The summed E-state index contributed by atoms with van der Waals surface area (Å²) in [6.45, 7) is 0. The number of hydrogen-bond acceptors (Lipinski definition) is 4. The van der Waals surface area contributed by atoms with Crippen LogP contribution in [0, 0.1) is 0 Å².